The number of carbonyl (C=O) groups excluding carboxylic acids is 2. The van der Waals surface area contributed by atoms with E-state index in [1.54, 1.807) is 4.90 Å². The van der Waals surface area contributed by atoms with Crippen LogP contribution in [0.2, 0.25) is 0 Å². The van der Waals surface area contributed by atoms with Crippen molar-refractivity contribution < 1.29 is 14.3 Å². The summed E-state index contributed by atoms with van der Waals surface area (Å²) in [5.41, 5.74) is 3.08. The molecule has 4 rings (SSSR count). The highest BCUT2D eigenvalue weighted by atomic mass is 16.5. The molecule has 1 atom stereocenters. The van der Waals surface area contributed by atoms with Crippen molar-refractivity contribution in [2.24, 2.45) is 0 Å². The lowest BCUT2D eigenvalue weighted by atomic mass is 10.0. The summed E-state index contributed by atoms with van der Waals surface area (Å²) in [6.07, 6.45) is 2.29. The van der Waals surface area contributed by atoms with Crippen LogP contribution in [0.15, 0.2) is 97.1 Å². The van der Waals surface area contributed by atoms with Gasteiger partial charge < -0.3 is 15.0 Å². The van der Waals surface area contributed by atoms with Gasteiger partial charge in [0.25, 0.3) is 5.91 Å². The van der Waals surface area contributed by atoms with Crippen molar-refractivity contribution in [3.8, 4) is 5.75 Å². The summed E-state index contributed by atoms with van der Waals surface area (Å²) < 4.78 is 6.08. The van der Waals surface area contributed by atoms with Crippen molar-refractivity contribution in [2.75, 3.05) is 13.2 Å². The predicted octanol–water partition coefficient (Wildman–Crippen LogP) is 6.08. The molecule has 38 heavy (non-hydrogen) atoms. The zero-order valence-electron chi connectivity index (χ0n) is 22.2. The number of aryl methyl sites for hydroxylation is 1. The van der Waals surface area contributed by atoms with Crippen LogP contribution in [0, 0.1) is 6.92 Å². The molecule has 4 aromatic carbocycles. The number of ether oxygens (including phenoxy) is 1. The molecule has 0 aromatic heterocycles. The van der Waals surface area contributed by atoms with Gasteiger partial charge in [0.05, 0.1) is 0 Å². The molecule has 5 nitrogen and oxygen atoms in total. The third kappa shape index (κ3) is 7.22. The summed E-state index contributed by atoms with van der Waals surface area (Å²) in [6.45, 7) is 4.86. The largest absolute Gasteiger partial charge is 0.483 e. The van der Waals surface area contributed by atoms with Crippen LogP contribution in [-0.4, -0.2) is 35.9 Å². The van der Waals surface area contributed by atoms with Crippen molar-refractivity contribution in [3.63, 3.8) is 0 Å². The highest BCUT2D eigenvalue weighted by Gasteiger charge is 2.30. The van der Waals surface area contributed by atoms with Gasteiger partial charge in [-0.1, -0.05) is 110 Å². The Morgan fingerprint density at radius 2 is 1.58 bits per heavy atom. The van der Waals surface area contributed by atoms with Crippen LogP contribution in [0.4, 0.5) is 0 Å². The fourth-order valence-electron chi connectivity index (χ4n) is 4.61. The molecule has 0 saturated heterocycles. The molecule has 0 saturated carbocycles. The maximum Gasteiger partial charge on any atom is 0.261 e. The number of nitrogens with one attached hydrogen (secondary N) is 1. The average Bonchev–Trinajstić information content (AvgIpc) is 2.94. The normalized spacial score (nSPS) is 11.6. The average molecular weight is 509 g/mol. The second kappa shape index (κ2) is 13.4. The molecular weight excluding hydrogens is 472 g/mol. The fraction of sp³-hybridized carbons (Fsp3) is 0.273. The van der Waals surface area contributed by atoms with Gasteiger partial charge in [0.15, 0.2) is 6.61 Å². The van der Waals surface area contributed by atoms with Crippen molar-refractivity contribution in [3.05, 3.63) is 114 Å². The van der Waals surface area contributed by atoms with Crippen LogP contribution < -0.4 is 10.1 Å². The quantitative estimate of drug-likeness (QED) is 0.236. The molecule has 5 heteroatoms. The van der Waals surface area contributed by atoms with E-state index in [1.165, 1.54) is 0 Å². The molecule has 0 bridgehead atoms. The second-order valence-corrected chi connectivity index (χ2v) is 9.63. The summed E-state index contributed by atoms with van der Waals surface area (Å²) >= 11 is 0. The first-order valence-corrected chi connectivity index (χ1v) is 13.3. The topological polar surface area (TPSA) is 58.6 Å². The third-order valence-electron chi connectivity index (χ3n) is 6.64. The standard InChI is InChI=1S/C33H36N2O3/c1-3-4-20-34-33(37)30(22-26-13-6-5-7-14-26)35(23-27-15-10-12-25(2)21-27)32(36)24-38-31-19-11-17-28-16-8-9-18-29(28)31/h5-19,21,30H,3-4,20,22-24H2,1-2H3,(H,34,37)/t30-/m0/s1. The molecule has 4 aromatic rings. The number of unbranched alkanes of at least 4 members (excludes halogenated alkanes) is 1. The van der Waals surface area contributed by atoms with E-state index < -0.39 is 6.04 Å². The van der Waals surface area contributed by atoms with Crippen LogP contribution in [0.1, 0.15) is 36.5 Å². The molecule has 1 N–H and O–H groups in total. The fourth-order valence-corrected chi connectivity index (χ4v) is 4.61. The van der Waals surface area contributed by atoms with Gasteiger partial charge in [-0.2, -0.15) is 0 Å². The van der Waals surface area contributed by atoms with E-state index in [1.807, 2.05) is 97.9 Å². The van der Waals surface area contributed by atoms with Crippen LogP contribution in [0.25, 0.3) is 10.8 Å². The van der Waals surface area contributed by atoms with Gasteiger partial charge in [-0.25, -0.2) is 0 Å². The zero-order valence-corrected chi connectivity index (χ0v) is 22.2. The number of hydrogen-bond donors (Lipinski definition) is 1. The summed E-state index contributed by atoms with van der Waals surface area (Å²) in [5, 5.41) is 5.06. The molecule has 196 valence electrons. The second-order valence-electron chi connectivity index (χ2n) is 9.63. The summed E-state index contributed by atoms with van der Waals surface area (Å²) in [7, 11) is 0. The van der Waals surface area contributed by atoms with E-state index in [0.717, 1.165) is 40.3 Å². The molecule has 0 unspecified atom stereocenters. The van der Waals surface area contributed by atoms with Gasteiger partial charge in [-0.3, -0.25) is 9.59 Å². The summed E-state index contributed by atoms with van der Waals surface area (Å²) in [4.78, 5) is 29.0. The van der Waals surface area contributed by atoms with Crippen molar-refractivity contribution in [1.29, 1.82) is 0 Å². The Hall–Kier alpha value is -4.12. The van der Waals surface area contributed by atoms with E-state index in [0.29, 0.717) is 25.3 Å². The highest BCUT2D eigenvalue weighted by Crippen LogP contribution is 2.25. The molecule has 0 fully saturated rings. The SMILES string of the molecule is CCCCNC(=O)[C@H](Cc1ccccc1)N(Cc1cccc(C)c1)C(=O)COc1cccc2ccccc12. The Labute approximate surface area is 225 Å². The van der Waals surface area contributed by atoms with Crippen LogP contribution in [0.5, 0.6) is 5.75 Å². The van der Waals surface area contributed by atoms with Crippen LogP contribution >= 0.6 is 0 Å². The number of amides is 2. The first-order valence-electron chi connectivity index (χ1n) is 13.3. The van der Waals surface area contributed by atoms with Gasteiger partial charge in [-0.15, -0.1) is 0 Å². The number of nitrogens with zero attached hydrogens (tertiary/aromatic N) is 1. The van der Waals surface area contributed by atoms with Gasteiger partial charge in [0, 0.05) is 24.9 Å². The molecule has 0 aliphatic heterocycles. The third-order valence-corrected chi connectivity index (χ3v) is 6.64. The van der Waals surface area contributed by atoms with E-state index in [4.69, 9.17) is 4.74 Å². The lowest BCUT2D eigenvalue weighted by Crippen LogP contribution is -2.51. The summed E-state index contributed by atoms with van der Waals surface area (Å²) in [6, 6.07) is 31.0. The predicted molar refractivity (Wildman–Crippen MR) is 153 cm³/mol. The number of rotatable bonds is 12. The van der Waals surface area contributed by atoms with E-state index in [-0.39, 0.29) is 18.4 Å². The molecular formula is C33H36N2O3. The first kappa shape index (κ1) is 26.9. The Kier molecular flexibility index (Phi) is 9.52. The molecule has 2 amide bonds. The Morgan fingerprint density at radius 1 is 0.868 bits per heavy atom. The van der Waals surface area contributed by atoms with Gasteiger partial charge in [-0.05, 0) is 35.9 Å². The lowest BCUT2D eigenvalue weighted by molar-refractivity contribution is -0.142. The van der Waals surface area contributed by atoms with Crippen LogP contribution in [0.3, 0.4) is 0 Å². The number of carbonyl (C=O) groups is 2. The van der Waals surface area contributed by atoms with Gasteiger partial charge in [0.1, 0.15) is 11.8 Å². The minimum atomic E-state index is -0.668. The molecule has 0 aliphatic rings. The van der Waals surface area contributed by atoms with Crippen molar-refractivity contribution in [2.45, 2.75) is 45.7 Å². The monoisotopic (exact) mass is 508 g/mol. The summed E-state index contributed by atoms with van der Waals surface area (Å²) in [5.74, 6) is 0.276. The maximum absolute atomic E-state index is 13.8. The first-order chi connectivity index (χ1) is 18.5. The minimum Gasteiger partial charge on any atom is -0.483 e. The Morgan fingerprint density at radius 3 is 2.37 bits per heavy atom. The Balaban J connectivity index is 1.63. The number of fused-ring (bicyclic) bond motifs is 1. The van der Waals surface area contributed by atoms with Crippen molar-refractivity contribution in [1.82, 2.24) is 10.2 Å². The van der Waals surface area contributed by atoms with Crippen LogP contribution in [-0.2, 0) is 22.6 Å². The molecule has 0 spiro atoms. The van der Waals surface area contributed by atoms with Crippen molar-refractivity contribution >= 4 is 22.6 Å². The molecule has 0 aliphatic carbocycles. The molecule has 0 radical (unpaired) electrons. The minimum absolute atomic E-state index is 0.145. The van der Waals surface area contributed by atoms with Gasteiger partial charge >= 0.3 is 0 Å². The van der Waals surface area contributed by atoms with E-state index in [2.05, 4.69) is 18.3 Å². The lowest BCUT2D eigenvalue weighted by Gasteiger charge is -2.31. The molecule has 0 heterocycles. The zero-order chi connectivity index (χ0) is 26.7. The number of hydrogen-bond acceptors (Lipinski definition) is 3. The van der Waals surface area contributed by atoms with E-state index >= 15 is 0 Å². The smallest absolute Gasteiger partial charge is 0.261 e. The van der Waals surface area contributed by atoms with Gasteiger partial charge in [0.2, 0.25) is 5.91 Å². The van der Waals surface area contributed by atoms with E-state index in [9.17, 15) is 9.59 Å². The highest BCUT2D eigenvalue weighted by molar-refractivity contribution is 5.90. The number of benzene rings is 4. The Bertz CT molecular complexity index is 1350. The maximum atomic E-state index is 13.8.